The van der Waals surface area contributed by atoms with Gasteiger partial charge in [-0.2, -0.15) is 0 Å². The quantitative estimate of drug-likeness (QED) is 0.697. The molecule has 1 aromatic rings. The number of hydrogen-bond donors (Lipinski definition) is 2. The molecule has 1 aromatic carbocycles. The Morgan fingerprint density at radius 3 is 2.58 bits per heavy atom. The van der Waals surface area contributed by atoms with Crippen LogP contribution in [0.3, 0.4) is 0 Å². The highest BCUT2D eigenvalue weighted by molar-refractivity contribution is 5.45. The lowest BCUT2D eigenvalue weighted by Gasteiger charge is -2.09. The summed E-state index contributed by atoms with van der Waals surface area (Å²) < 4.78 is 5.05. The minimum atomic E-state index is -0.127. The Balaban J connectivity index is 3.24. The van der Waals surface area contributed by atoms with E-state index in [1.807, 2.05) is 6.92 Å². The molecule has 0 aliphatic heterocycles. The van der Waals surface area contributed by atoms with Crippen molar-refractivity contribution in [1.29, 1.82) is 0 Å². The minimum absolute atomic E-state index is 0.127. The topological polar surface area (TPSA) is 49.7 Å². The molecule has 2 N–H and O–H groups in total. The molecule has 0 amide bonds. The molecule has 12 heavy (non-hydrogen) atoms. The summed E-state index contributed by atoms with van der Waals surface area (Å²) in [5.41, 5.74) is 1.43. The van der Waals surface area contributed by atoms with E-state index in [9.17, 15) is 5.11 Å². The van der Waals surface area contributed by atoms with Crippen LogP contribution in [-0.4, -0.2) is 17.3 Å². The van der Waals surface area contributed by atoms with Gasteiger partial charge in [-0.25, -0.2) is 0 Å². The van der Waals surface area contributed by atoms with Crippen molar-refractivity contribution in [3.05, 3.63) is 23.3 Å². The third kappa shape index (κ3) is 1.51. The number of hydrogen-bond acceptors (Lipinski definition) is 3. The zero-order chi connectivity index (χ0) is 9.14. The maximum Gasteiger partial charge on any atom is 0.127 e. The smallest absolute Gasteiger partial charge is 0.127 e. The van der Waals surface area contributed by atoms with Crippen LogP contribution in [-0.2, 0) is 6.61 Å². The number of aliphatic hydroxyl groups excluding tert-OH is 1. The van der Waals surface area contributed by atoms with Crippen LogP contribution in [0.2, 0.25) is 0 Å². The monoisotopic (exact) mass is 168 g/mol. The Hall–Kier alpha value is -1.22. The summed E-state index contributed by atoms with van der Waals surface area (Å²) in [6, 6.07) is 3.09. The minimum Gasteiger partial charge on any atom is -0.508 e. The molecule has 0 aliphatic carbocycles. The van der Waals surface area contributed by atoms with Crippen LogP contribution in [0, 0.1) is 6.92 Å². The van der Waals surface area contributed by atoms with Crippen LogP contribution in [0.4, 0.5) is 0 Å². The molecule has 0 fully saturated rings. The van der Waals surface area contributed by atoms with E-state index >= 15 is 0 Å². The van der Waals surface area contributed by atoms with Gasteiger partial charge >= 0.3 is 0 Å². The zero-order valence-electron chi connectivity index (χ0n) is 7.16. The van der Waals surface area contributed by atoms with Crippen molar-refractivity contribution in [2.24, 2.45) is 0 Å². The highest BCUT2D eigenvalue weighted by atomic mass is 16.5. The average molecular weight is 168 g/mol. The van der Waals surface area contributed by atoms with Crippen molar-refractivity contribution in [1.82, 2.24) is 0 Å². The van der Waals surface area contributed by atoms with Crippen LogP contribution in [0.15, 0.2) is 12.1 Å². The van der Waals surface area contributed by atoms with E-state index in [0.717, 1.165) is 5.56 Å². The maximum atomic E-state index is 9.18. The van der Waals surface area contributed by atoms with Crippen molar-refractivity contribution >= 4 is 0 Å². The van der Waals surface area contributed by atoms with Gasteiger partial charge in [-0.15, -0.1) is 0 Å². The van der Waals surface area contributed by atoms with E-state index in [-0.39, 0.29) is 12.4 Å². The molecule has 66 valence electrons. The Morgan fingerprint density at radius 1 is 1.42 bits per heavy atom. The van der Waals surface area contributed by atoms with E-state index < -0.39 is 0 Å². The fourth-order valence-corrected chi connectivity index (χ4v) is 1.24. The second-order valence-electron chi connectivity index (χ2n) is 2.61. The van der Waals surface area contributed by atoms with Crippen LogP contribution < -0.4 is 4.74 Å². The lowest BCUT2D eigenvalue weighted by Crippen LogP contribution is -1.94. The molecule has 0 unspecified atom stereocenters. The Bertz CT molecular complexity index is 281. The highest BCUT2D eigenvalue weighted by Crippen LogP contribution is 2.27. The third-order valence-electron chi connectivity index (χ3n) is 1.71. The van der Waals surface area contributed by atoms with Gasteiger partial charge in [0.1, 0.15) is 11.5 Å². The van der Waals surface area contributed by atoms with E-state index in [0.29, 0.717) is 11.3 Å². The Labute approximate surface area is 71.2 Å². The van der Waals surface area contributed by atoms with E-state index in [4.69, 9.17) is 9.84 Å². The number of aliphatic hydroxyl groups is 1. The Morgan fingerprint density at radius 2 is 2.08 bits per heavy atom. The summed E-state index contributed by atoms with van der Waals surface area (Å²) in [7, 11) is 1.54. The summed E-state index contributed by atoms with van der Waals surface area (Å²) >= 11 is 0. The van der Waals surface area contributed by atoms with Gasteiger partial charge in [-0.3, -0.25) is 0 Å². The van der Waals surface area contributed by atoms with Crippen LogP contribution in [0.5, 0.6) is 11.5 Å². The van der Waals surface area contributed by atoms with Crippen molar-refractivity contribution in [2.45, 2.75) is 13.5 Å². The second-order valence-corrected chi connectivity index (χ2v) is 2.61. The zero-order valence-corrected chi connectivity index (χ0v) is 7.16. The normalized spacial score (nSPS) is 9.92. The molecule has 3 nitrogen and oxygen atoms in total. The predicted octanol–water partition coefficient (Wildman–Crippen LogP) is 1.20. The SMILES string of the molecule is COc1c(C)cc(O)cc1CO. The standard InChI is InChI=1S/C9H12O3/c1-6-3-8(11)4-7(5-10)9(6)12-2/h3-4,10-11H,5H2,1-2H3. The van der Waals surface area contributed by atoms with Gasteiger partial charge in [0, 0.05) is 5.56 Å². The lowest BCUT2D eigenvalue weighted by molar-refractivity contribution is 0.272. The number of aromatic hydroxyl groups is 1. The fraction of sp³-hybridized carbons (Fsp3) is 0.333. The molecule has 3 heteroatoms. The molecule has 0 radical (unpaired) electrons. The summed E-state index contributed by atoms with van der Waals surface area (Å²) in [5, 5.41) is 18.1. The molecule has 0 bridgehead atoms. The van der Waals surface area contributed by atoms with Crippen molar-refractivity contribution in [3.8, 4) is 11.5 Å². The largest absolute Gasteiger partial charge is 0.508 e. The first kappa shape index (κ1) is 8.87. The van der Waals surface area contributed by atoms with Crippen LogP contribution >= 0.6 is 0 Å². The number of phenolic OH excluding ortho intramolecular Hbond substituents is 1. The molecule has 0 heterocycles. The van der Waals surface area contributed by atoms with Gasteiger partial charge < -0.3 is 14.9 Å². The molecule has 0 aromatic heterocycles. The summed E-state index contributed by atoms with van der Waals surface area (Å²) in [6.07, 6.45) is 0. The number of methoxy groups -OCH3 is 1. The van der Waals surface area contributed by atoms with Gasteiger partial charge in [0.25, 0.3) is 0 Å². The van der Waals surface area contributed by atoms with E-state index in [2.05, 4.69) is 0 Å². The number of ether oxygens (including phenoxy) is 1. The Kier molecular flexibility index (Phi) is 2.55. The number of benzene rings is 1. The molecular weight excluding hydrogens is 156 g/mol. The van der Waals surface area contributed by atoms with E-state index in [1.54, 1.807) is 13.2 Å². The average Bonchev–Trinajstić information content (AvgIpc) is 2.03. The lowest BCUT2D eigenvalue weighted by atomic mass is 10.1. The summed E-state index contributed by atoms with van der Waals surface area (Å²) in [5.74, 6) is 0.785. The van der Waals surface area contributed by atoms with Crippen LogP contribution in [0.1, 0.15) is 11.1 Å². The molecule has 1 rings (SSSR count). The highest BCUT2D eigenvalue weighted by Gasteiger charge is 2.06. The molecule has 0 saturated carbocycles. The van der Waals surface area contributed by atoms with Gasteiger partial charge in [0.2, 0.25) is 0 Å². The van der Waals surface area contributed by atoms with Gasteiger partial charge in [-0.05, 0) is 24.6 Å². The summed E-state index contributed by atoms with van der Waals surface area (Å²) in [6.45, 7) is 1.69. The first-order valence-electron chi connectivity index (χ1n) is 3.66. The van der Waals surface area contributed by atoms with Gasteiger partial charge in [0.05, 0.1) is 13.7 Å². The van der Waals surface area contributed by atoms with Crippen molar-refractivity contribution in [3.63, 3.8) is 0 Å². The molecular formula is C9H12O3. The molecule has 0 atom stereocenters. The predicted molar refractivity (Wildman–Crippen MR) is 45.3 cm³/mol. The number of phenols is 1. The van der Waals surface area contributed by atoms with Crippen LogP contribution in [0.25, 0.3) is 0 Å². The van der Waals surface area contributed by atoms with Gasteiger partial charge in [0.15, 0.2) is 0 Å². The first-order chi connectivity index (χ1) is 5.69. The second kappa shape index (κ2) is 3.45. The maximum absolute atomic E-state index is 9.18. The first-order valence-corrected chi connectivity index (χ1v) is 3.66. The molecule has 0 spiro atoms. The van der Waals surface area contributed by atoms with Crippen molar-refractivity contribution in [2.75, 3.05) is 7.11 Å². The molecule has 0 aliphatic rings. The number of rotatable bonds is 2. The van der Waals surface area contributed by atoms with Crippen molar-refractivity contribution < 1.29 is 14.9 Å². The fourth-order valence-electron chi connectivity index (χ4n) is 1.24. The third-order valence-corrected chi connectivity index (χ3v) is 1.71. The number of aryl methyl sites for hydroxylation is 1. The summed E-state index contributed by atoms with van der Waals surface area (Å²) in [4.78, 5) is 0. The van der Waals surface area contributed by atoms with Gasteiger partial charge in [-0.1, -0.05) is 0 Å². The van der Waals surface area contributed by atoms with E-state index in [1.165, 1.54) is 6.07 Å². The molecule has 0 saturated heterocycles.